The molecule has 0 aliphatic rings. The molecule has 0 aliphatic carbocycles. The third kappa shape index (κ3) is 47.9. The molecule has 3 N–H and O–H groups in total. The zero-order valence-corrected chi connectivity index (χ0v) is 41.2. The van der Waals surface area contributed by atoms with Crippen LogP contribution in [0.1, 0.15) is 303 Å². The second-order valence-electron chi connectivity index (χ2n) is 18.9. The van der Waals surface area contributed by atoms with Crippen LogP contribution in [-0.4, -0.2) is 47.4 Å². The minimum atomic E-state index is -0.680. The summed E-state index contributed by atoms with van der Waals surface area (Å²) in [7, 11) is 0. The largest absolute Gasteiger partial charge is 0.466 e. The summed E-state index contributed by atoms with van der Waals surface area (Å²) in [6.07, 6.45) is 59.0. The third-order valence-electron chi connectivity index (χ3n) is 12.8. The van der Waals surface area contributed by atoms with Crippen LogP contribution in [0.3, 0.4) is 0 Å². The van der Waals surface area contributed by atoms with Crippen LogP contribution in [-0.2, 0) is 14.3 Å². The van der Waals surface area contributed by atoms with E-state index >= 15 is 0 Å². The summed E-state index contributed by atoms with van der Waals surface area (Å²) in [6.45, 7) is 4.93. The van der Waals surface area contributed by atoms with Gasteiger partial charge in [-0.25, -0.2) is 0 Å². The van der Waals surface area contributed by atoms with Gasteiger partial charge < -0.3 is 20.3 Å². The Bertz CT molecular complexity index is 909. The van der Waals surface area contributed by atoms with Crippen molar-refractivity contribution in [2.45, 2.75) is 315 Å². The molecule has 2 unspecified atom stereocenters. The Morgan fingerprint density at radius 2 is 0.770 bits per heavy atom. The number of hydrogen-bond acceptors (Lipinski definition) is 5. The van der Waals surface area contributed by atoms with E-state index in [1.807, 2.05) is 0 Å². The monoisotopic (exact) mass is 862 g/mol. The SMILES string of the molecule is CCCCCCCCCCCCCCCCCCCC(=O)OCCCCCCCC/C=C\CCCCCC(=O)NC(CO)C(O)CCCCCCCCCCCCCCCC. The van der Waals surface area contributed by atoms with E-state index in [-0.39, 0.29) is 18.5 Å². The number of nitrogens with one attached hydrogen (secondary N) is 1. The highest BCUT2D eigenvalue weighted by Gasteiger charge is 2.20. The molecule has 0 saturated heterocycles. The lowest BCUT2D eigenvalue weighted by molar-refractivity contribution is -0.143. The first-order valence-corrected chi connectivity index (χ1v) is 27.4. The number of esters is 1. The quantitative estimate of drug-likeness (QED) is 0.0322. The summed E-state index contributed by atoms with van der Waals surface area (Å²) in [5.74, 6) is -0.0717. The number of carbonyl (C=O) groups excluding carboxylic acids is 2. The van der Waals surface area contributed by atoms with E-state index in [1.54, 1.807) is 0 Å². The van der Waals surface area contributed by atoms with Crippen molar-refractivity contribution in [3.05, 3.63) is 12.2 Å². The molecule has 0 aliphatic heterocycles. The normalized spacial score (nSPS) is 12.7. The molecular weight excluding hydrogens is 755 g/mol. The van der Waals surface area contributed by atoms with Crippen molar-refractivity contribution in [1.29, 1.82) is 0 Å². The van der Waals surface area contributed by atoms with Gasteiger partial charge in [0.15, 0.2) is 0 Å². The maximum Gasteiger partial charge on any atom is 0.305 e. The van der Waals surface area contributed by atoms with Gasteiger partial charge in [-0.3, -0.25) is 9.59 Å². The summed E-state index contributed by atoms with van der Waals surface area (Å²) in [5, 5.41) is 23.2. The molecule has 0 radical (unpaired) electrons. The van der Waals surface area contributed by atoms with Crippen LogP contribution in [0.15, 0.2) is 12.2 Å². The van der Waals surface area contributed by atoms with Crippen LogP contribution in [0.25, 0.3) is 0 Å². The number of rotatable bonds is 51. The van der Waals surface area contributed by atoms with Gasteiger partial charge in [-0.1, -0.05) is 251 Å². The average Bonchev–Trinajstić information content (AvgIpc) is 3.26. The van der Waals surface area contributed by atoms with E-state index < -0.39 is 12.1 Å². The molecule has 0 fully saturated rings. The van der Waals surface area contributed by atoms with Crippen molar-refractivity contribution in [3.63, 3.8) is 0 Å². The molecule has 6 heteroatoms. The minimum absolute atomic E-state index is 0.00827. The summed E-state index contributed by atoms with van der Waals surface area (Å²) >= 11 is 0. The van der Waals surface area contributed by atoms with E-state index in [9.17, 15) is 19.8 Å². The fourth-order valence-corrected chi connectivity index (χ4v) is 8.58. The molecule has 6 nitrogen and oxygen atoms in total. The van der Waals surface area contributed by atoms with Crippen LogP contribution in [0.5, 0.6) is 0 Å². The third-order valence-corrected chi connectivity index (χ3v) is 12.8. The van der Waals surface area contributed by atoms with Gasteiger partial charge in [0.25, 0.3) is 0 Å². The maximum atomic E-state index is 12.4. The molecule has 0 aromatic heterocycles. The zero-order chi connectivity index (χ0) is 44.4. The van der Waals surface area contributed by atoms with Gasteiger partial charge in [0, 0.05) is 12.8 Å². The smallest absolute Gasteiger partial charge is 0.305 e. The second kappa shape index (κ2) is 51.2. The van der Waals surface area contributed by atoms with Crippen molar-refractivity contribution in [1.82, 2.24) is 5.32 Å². The number of hydrogen-bond donors (Lipinski definition) is 3. The second-order valence-corrected chi connectivity index (χ2v) is 18.9. The Kier molecular flexibility index (Phi) is 50.1. The maximum absolute atomic E-state index is 12.4. The number of allylic oxidation sites excluding steroid dienone is 2. The van der Waals surface area contributed by atoms with Crippen molar-refractivity contribution in [2.75, 3.05) is 13.2 Å². The minimum Gasteiger partial charge on any atom is -0.466 e. The molecule has 0 saturated carbocycles. The molecule has 0 rings (SSSR count). The van der Waals surface area contributed by atoms with Gasteiger partial charge in [0.2, 0.25) is 5.91 Å². The number of carbonyl (C=O) groups is 2. The van der Waals surface area contributed by atoms with Gasteiger partial charge in [-0.2, -0.15) is 0 Å². The highest BCUT2D eigenvalue weighted by molar-refractivity contribution is 5.76. The molecule has 61 heavy (non-hydrogen) atoms. The van der Waals surface area contributed by atoms with Crippen molar-refractivity contribution < 1.29 is 24.5 Å². The van der Waals surface area contributed by atoms with Gasteiger partial charge in [0.1, 0.15) is 0 Å². The van der Waals surface area contributed by atoms with Gasteiger partial charge >= 0.3 is 5.97 Å². The first-order chi connectivity index (χ1) is 30.0. The highest BCUT2D eigenvalue weighted by Crippen LogP contribution is 2.17. The fourth-order valence-electron chi connectivity index (χ4n) is 8.58. The van der Waals surface area contributed by atoms with Gasteiger partial charge in [0.05, 0.1) is 25.4 Å². The van der Waals surface area contributed by atoms with Crippen molar-refractivity contribution in [3.8, 4) is 0 Å². The molecule has 1 amide bonds. The zero-order valence-electron chi connectivity index (χ0n) is 41.2. The average molecular weight is 862 g/mol. The van der Waals surface area contributed by atoms with E-state index in [2.05, 4.69) is 31.3 Å². The standard InChI is InChI=1S/C55H107NO5/c1-3-5-7-9-11-13-15-17-19-20-21-25-29-33-37-41-45-49-55(60)61-50-46-42-38-34-30-26-22-24-28-32-36-40-44-48-54(59)56-52(51-57)53(58)47-43-39-35-31-27-23-18-16-14-12-10-8-6-4-2/h24,28,52-53,57-58H,3-23,25-27,29-51H2,1-2H3,(H,56,59)/b28-24-. The molecule has 362 valence electrons. The first kappa shape index (κ1) is 59.6. The summed E-state index contributed by atoms with van der Waals surface area (Å²) in [4.78, 5) is 24.5. The molecule has 0 spiro atoms. The van der Waals surface area contributed by atoms with Crippen LogP contribution in [0.4, 0.5) is 0 Å². The van der Waals surface area contributed by atoms with E-state index in [1.165, 1.54) is 199 Å². The Labute approximate surface area is 380 Å². The Morgan fingerprint density at radius 3 is 1.18 bits per heavy atom. The van der Waals surface area contributed by atoms with Crippen LogP contribution in [0.2, 0.25) is 0 Å². The predicted octanol–water partition coefficient (Wildman–Crippen LogP) is 16.5. The first-order valence-electron chi connectivity index (χ1n) is 27.4. The van der Waals surface area contributed by atoms with Crippen molar-refractivity contribution >= 4 is 11.9 Å². The van der Waals surface area contributed by atoms with E-state index in [4.69, 9.17) is 4.74 Å². The molecule has 0 bridgehead atoms. The topological polar surface area (TPSA) is 95.9 Å². The van der Waals surface area contributed by atoms with Gasteiger partial charge in [-0.05, 0) is 51.4 Å². The van der Waals surface area contributed by atoms with Crippen molar-refractivity contribution in [2.24, 2.45) is 0 Å². The Hall–Kier alpha value is -1.40. The predicted molar refractivity (Wildman–Crippen MR) is 264 cm³/mol. The lowest BCUT2D eigenvalue weighted by atomic mass is 10.0. The molecule has 0 heterocycles. The van der Waals surface area contributed by atoms with E-state index in [0.717, 1.165) is 70.6 Å². The number of ether oxygens (including phenoxy) is 1. The number of unbranched alkanes of at least 4 members (excludes halogenated alkanes) is 38. The van der Waals surface area contributed by atoms with Crippen LogP contribution < -0.4 is 5.32 Å². The number of amides is 1. The lowest BCUT2D eigenvalue weighted by Crippen LogP contribution is -2.45. The highest BCUT2D eigenvalue weighted by atomic mass is 16.5. The number of aliphatic hydroxyl groups is 2. The summed E-state index contributed by atoms with van der Waals surface area (Å²) in [5.41, 5.74) is 0. The van der Waals surface area contributed by atoms with Crippen LogP contribution in [0, 0.1) is 0 Å². The summed E-state index contributed by atoms with van der Waals surface area (Å²) < 4.78 is 5.47. The van der Waals surface area contributed by atoms with Gasteiger partial charge in [-0.15, -0.1) is 0 Å². The summed E-state index contributed by atoms with van der Waals surface area (Å²) in [6, 6.07) is -0.560. The Balaban J connectivity index is 3.46. The molecule has 2 atom stereocenters. The van der Waals surface area contributed by atoms with Crippen LogP contribution >= 0.6 is 0 Å². The Morgan fingerprint density at radius 1 is 0.443 bits per heavy atom. The molecular formula is C55H107NO5. The number of aliphatic hydroxyl groups excluding tert-OH is 2. The fraction of sp³-hybridized carbons (Fsp3) is 0.927. The molecule has 0 aromatic carbocycles. The van der Waals surface area contributed by atoms with E-state index in [0.29, 0.717) is 25.9 Å². The lowest BCUT2D eigenvalue weighted by Gasteiger charge is -2.22. The molecule has 0 aromatic rings.